The standard InChI is InChI=1S/C12H18N4O4/c1-6-13-9-8(14-7(2)11(18)20-5)10(17)16(4)12(19)15(9)3/h6-7,14H,1-5H3/t7-/m0/s1. The Morgan fingerprint density at radius 3 is 2.45 bits per heavy atom. The molecule has 0 saturated heterocycles. The highest BCUT2D eigenvalue weighted by Gasteiger charge is 2.20. The number of nitrogens with one attached hydrogen (secondary N) is 1. The third-order valence-corrected chi connectivity index (χ3v) is 2.80. The van der Waals surface area contributed by atoms with E-state index in [2.05, 4.69) is 15.0 Å². The van der Waals surface area contributed by atoms with Gasteiger partial charge in [-0.15, -0.1) is 0 Å². The smallest absolute Gasteiger partial charge is 0.332 e. The van der Waals surface area contributed by atoms with Crippen molar-refractivity contribution < 1.29 is 9.53 Å². The Morgan fingerprint density at radius 1 is 1.35 bits per heavy atom. The number of rotatable bonds is 4. The summed E-state index contributed by atoms with van der Waals surface area (Å²) < 4.78 is 6.77. The van der Waals surface area contributed by atoms with Crippen LogP contribution in [0.3, 0.4) is 0 Å². The summed E-state index contributed by atoms with van der Waals surface area (Å²) in [6, 6.07) is -0.740. The van der Waals surface area contributed by atoms with E-state index in [0.717, 1.165) is 4.57 Å². The topological polar surface area (TPSA) is 94.7 Å². The minimum absolute atomic E-state index is 0.0746. The molecule has 8 nitrogen and oxygen atoms in total. The second-order valence-corrected chi connectivity index (χ2v) is 4.18. The van der Waals surface area contributed by atoms with Crippen LogP contribution < -0.4 is 16.6 Å². The van der Waals surface area contributed by atoms with Gasteiger partial charge < -0.3 is 10.1 Å². The fourth-order valence-electron chi connectivity index (χ4n) is 1.69. The molecule has 0 amide bonds. The summed E-state index contributed by atoms with van der Waals surface area (Å²) in [5.41, 5.74) is -0.970. The highest BCUT2D eigenvalue weighted by atomic mass is 16.5. The lowest BCUT2D eigenvalue weighted by molar-refractivity contribution is -0.141. The van der Waals surface area contributed by atoms with Crippen molar-refractivity contribution in [2.45, 2.75) is 19.9 Å². The number of nitrogens with zero attached hydrogens (tertiary/aromatic N) is 3. The van der Waals surface area contributed by atoms with Crippen molar-refractivity contribution in [3.05, 3.63) is 20.8 Å². The van der Waals surface area contributed by atoms with Crippen molar-refractivity contribution in [1.82, 2.24) is 9.13 Å². The van der Waals surface area contributed by atoms with Crippen molar-refractivity contribution in [3.63, 3.8) is 0 Å². The van der Waals surface area contributed by atoms with Gasteiger partial charge in [0.05, 0.1) is 7.11 Å². The first-order valence-corrected chi connectivity index (χ1v) is 5.98. The van der Waals surface area contributed by atoms with Crippen molar-refractivity contribution in [3.8, 4) is 0 Å². The molecule has 110 valence electrons. The molecular formula is C12H18N4O4. The molecule has 1 aromatic heterocycles. The van der Waals surface area contributed by atoms with Crippen molar-refractivity contribution in [1.29, 1.82) is 0 Å². The molecule has 0 fully saturated rings. The normalized spacial score (nSPS) is 12.4. The van der Waals surface area contributed by atoms with Gasteiger partial charge in [0.25, 0.3) is 5.56 Å². The summed E-state index contributed by atoms with van der Waals surface area (Å²) in [5.74, 6) is -0.358. The van der Waals surface area contributed by atoms with E-state index in [1.165, 1.54) is 32.0 Å². The maximum Gasteiger partial charge on any atom is 0.332 e. The molecule has 0 saturated carbocycles. The Kier molecular flexibility index (Phi) is 4.84. The molecule has 0 spiro atoms. The molecule has 0 aliphatic heterocycles. The van der Waals surface area contributed by atoms with Gasteiger partial charge >= 0.3 is 11.7 Å². The number of hydrogen-bond acceptors (Lipinski definition) is 6. The molecule has 0 radical (unpaired) electrons. The third kappa shape index (κ3) is 2.79. The molecule has 1 rings (SSSR count). The number of aliphatic imine (C=N–C) groups is 1. The average molecular weight is 282 g/mol. The van der Waals surface area contributed by atoms with E-state index in [-0.39, 0.29) is 11.5 Å². The molecule has 0 aromatic carbocycles. The number of carbonyl (C=O) groups is 1. The van der Waals surface area contributed by atoms with Gasteiger partial charge in [-0.2, -0.15) is 0 Å². The van der Waals surface area contributed by atoms with Crippen LogP contribution >= 0.6 is 0 Å². The zero-order chi connectivity index (χ0) is 15.4. The lowest BCUT2D eigenvalue weighted by Gasteiger charge is -2.16. The largest absolute Gasteiger partial charge is 0.467 e. The number of esters is 1. The fourth-order valence-corrected chi connectivity index (χ4v) is 1.69. The van der Waals surface area contributed by atoms with E-state index in [4.69, 9.17) is 0 Å². The van der Waals surface area contributed by atoms with Crippen LogP contribution in [0.1, 0.15) is 13.8 Å². The van der Waals surface area contributed by atoms with Crippen LogP contribution in [0.25, 0.3) is 0 Å². The quantitative estimate of drug-likeness (QED) is 0.608. The van der Waals surface area contributed by atoms with Crippen LogP contribution in [0.5, 0.6) is 0 Å². The molecule has 1 N–H and O–H groups in total. The Bertz CT molecular complexity index is 657. The lowest BCUT2D eigenvalue weighted by atomic mass is 10.3. The minimum atomic E-state index is -0.740. The molecule has 0 aliphatic rings. The summed E-state index contributed by atoms with van der Waals surface area (Å²) >= 11 is 0. The van der Waals surface area contributed by atoms with E-state index in [9.17, 15) is 14.4 Å². The Morgan fingerprint density at radius 2 is 1.95 bits per heavy atom. The molecule has 0 unspecified atom stereocenters. The first kappa shape index (κ1) is 15.7. The van der Waals surface area contributed by atoms with E-state index in [1.54, 1.807) is 13.8 Å². The molecular weight excluding hydrogens is 264 g/mol. The monoisotopic (exact) mass is 282 g/mol. The first-order valence-electron chi connectivity index (χ1n) is 5.98. The van der Waals surface area contributed by atoms with E-state index >= 15 is 0 Å². The molecule has 1 atom stereocenters. The van der Waals surface area contributed by atoms with Gasteiger partial charge in [-0.3, -0.25) is 13.9 Å². The fraction of sp³-hybridized carbons (Fsp3) is 0.500. The first-order chi connectivity index (χ1) is 9.34. The second kappa shape index (κ2) is 6.18. The number of carbonyl (C=O) groups excluding carboxylic acids is 1. The average Bonchev–Trinajstić information content (AvgIpc) is 2.45. The zero-order valence-corrected chi connectivity index (χ0v) is 12.1. The SMILES string of the molecule is CC=Nc1c(N[C@@H](C)C(=O)OC)c(=O)n(C)c(=O)n1C. The second-order valence-electron chi connectivity index (χ2n) is 4.18. The number of ether oxygens (including phenoxy) is 1. The summed E-state index contributed by atoms with van der Waals surface area (Å²) in [5, 5.41) is 2.74. The van der Waals surface area contributed by atoms with Crippen LogP contribution in [0.15, 0.2) is 14.6 Å². The third-order valence-electron chi connectivity index (χ3n) is 2.80. The molecule has 1 aromatic rings. The van der Waals surface area contributed by atoms with Crippen LogP contribution in [0.2, 0.25) is 0 Å². The van der Waals surface area contributed by atoms with E-state index in [1.807, 2.05) is 0 Å². The van der Waals surface area contributed by atoms with Crippen molar-refractivity contribution in [2.75, 3.05) is 12.4 Å². The summed E-state index contributed by atoms with van der Waals surface area (Å²) in [6.45, 7) is 3.21. The Hall–Kier alpha value is -2.38. The Balaban J connectivity index is 3.49. The maximum absolute atomic E-state index is 12.1. The van der Waals surface area contributed by atoms with Gasteiger partial charge in [0.15, 0.2) is 5.82 Å². The number of methoxy groups -OCH3 is 1. The van der Waals surface area contributed by atoms with Crippen LogP contribution in [0.4, 0.5) is 11.5 Å². The maximum atomic E-state index is 12.1. The van der Waals surface area contributed by atoms with Crippen LogP contribution in [-0.2, 0) is 23.6 Å². The highest BCUT2D eigenvalue weighted by molar-refractivity contribution is 5.80. The lowest BCUT2D eigenvalue weighted by Crippen LogP contribution is -2.40. The number of anilines is 1. The predicted molar refractivity (Wildman–Crippen MR) is 75.9 cm³/mol. The molecule has 0 bridgehead atoms. The Labute approximate surface area is 115 Å². The van der Waals surface area contributed by atoms with E-state index < -0.39 is 23.3 Å². The van der Waals surface area contributed by atoms with Crippen LogP contribution in [0, 0.1) is 0 Å². The van der Waals surface area contributed by atoms with Crippen molar-refractivity contribution >= 4 is 23.7 Å². The highest BCUT2D eigenvalue weighted by Crippen LogP contribution is 2.18. The number of aromatic nitrogens is 2. The van der Waals surface area contributed by atoms with Crippen LogP contribution in [-0.4, -0.2) is 34.5 Å². The van der Waals surface area contributed by atoms with Gasteiger partial charge in [0.1, 0.15) is 11.7 Å². The molecule has 8 heteroatoms. The molecule has 1 heterocycles. The summed E-state index contributed by atoms with van der Waals surface area (Å²) in [7, 11) is 4.11. The summed E-state index contributed by atoms with van der Waals surface area (Å²) in [4.78, 5) is 39.4. The van der Waals surface area contributed by atoms with E-state index in [0.29, 0.717) is 0 Å². The van der Waals surface area contributed by atoms with Gasteiger partial charge in [-0.1, -0.05) is 0 Å². The van der Waals surface area contributed by atoms with Gasteiger partial charge in [0, 0.05) is 20.3 Å². The van der Waals surface area contributed by atoms with Gasteiger partial charge in [0.2, 0.25) is 0 Å². The minimum Gasteiger partial charge on any atom is -0.467 e. The molecule has 0 aliphatic carbocycles. The van der Waals surface area contributed by atoms with Gasteiger partial charge in [-0.05, 0) is 13.8 Å². The summed E-state index contributed by atoms with van der Waals surface area (Å²) in [6.07, 6.45) is 1.46. The molecule has 20 heavy (non-hydrogen) atoms. The zero-order valence-electron chi connectivity index (χ0n) is 12.1. The van der Waals surface area contributed by atoms with Gasteiger partial charge in [-0.25, -0.2) is 14.6 Å². The van der Waals surface area contributed by atoms with Crippen molar-refractivity contribution in [2.24, 2.45) is 19.1 Å². The number of hydrogen-bond donors (Lipinski definition) is 1. The predicted octanol–water partition coefficient (Wildman–Crippen LogP) is -0.220.